The summed E-state index contributed by atoms with van der Waals surface area (Å²) < 4.78 is 2.04. The molecule has 210 valence electrons. The Balaban J connectivity index is 0.00000119. The van der Waals surface area contributed by atoms with Gasteiger partial charge in [0.15, 0.2) is 11.5 Å². The fourth-order valence-corrected chi connectivity index (χ4v) is 3.84. The number of aliphatic imine (C=N–C) groups is 1. The predicted molar refractivity (Wildman–Crippen MR) is 173 cm³/mol. The van der Waals surface area contributed by atoms with Gasteiger partial charge < -0.3 is 16.4 Å². The maximum Gasteiger partial charge on any atom is 0.180 e. The zero-order valence-electron chi connectivity index (χ0n) is 25.2. The van der Waals surface area contributed by atoms with Crippen LogP contribution in [0.5, 0.6) is 0 Å². The second-order valence-electron chi connectivity index (χ2n) is 7.50. The average molecular weight is 530 g/mol. The molecule has 2 aromatic heterocycles. The number of allylic oxidation sites excluding steroid dienone is 2. The molecule has 0 saturated heterocycles. The van der Waals surface area contributed by atoms with Crippen molar-refractivity contribution < 1.29 is 0 Å². The highest BCUT2D eigenvalue weighted by Crippen LogP contribution is 2.27. The Bertz CT molecular complexity index is 1320. The molecule has 2 heterocycles. The first-order valence-electron chi connectivity index (χ1n) is 14.1. The lowest BCUT2D eigenvalue weighted by molar-refractivity contribution is 1.10. The maximum absolute atomic E-state index is 6.05. The highest BCUT2D eigenvalue weighted by Gasteiger charge is 2.17. The van der Waals surface area contributed by atoms with Crippen molar-refractivity contribution in [2.75, 3.05) is 29.5 Å². The molecule has 0 spiro atoms. The van der Waals surface area contributed by atoms with Crippen LogP contribution in [0.2, 0.25) is 0 Å². The lowest BCUT2D eigenvalue weighted by Gasteiger charge is -2.13. The molecule has 2 aromatic carbocycles. The van der Waals surface area contributed by atoms with E-state index in [1.54, 1.807) is 6.20 Å². The second kappa shape index (κ2) is 18.2. The summed E-state index contributed by atoms with van der Waals surface area (Å²) in [5, 5.41) is 6.74. The van der Waals surface area contributed by atoms with Gasteiger partial charge in [0.2, 0.25) is 0 Å². The van der Waals surface area contributed by atoms with Crippen molar-refractivity contribution in [3.63, 3.8) is 0 Å². The van der Waals surface area contributed by atoms with Gasteiger partial charge in [-0.05, 0) is 51.1 Å². The number of nitrogen functional groups attached to an aromatic ring is 1. The number of hydrogen-bond donors (Lipinski definition) is 3. The van der Waals surface area contributed by atoms with Gasteiger partial charge in [-0.1, -0.05) is 65.8 Å². The number of hydrogen-bond acceptors (Lipinski definition) is 6. The fraction of sp³-hybridized carbons (Fsp3) is 0.344. The molecule has 0 amide bonds. The molecule has 4 rings (SSSR count). The van der Waals surface area contributed by atoms with E-state index in [0.717, 1.165) is 46.1 Å². The number of nitrogens with one attached hydrogen (secondary N) is 2. The van der Waals surface area contributed by atoms with Crippen LogP contribution >= 0.6 is 0 Å². The van der Waals surface area contributed by atoms with Crippen molar-refractivity contribution in [3.8, 4) is 0 Å². The molecule has 0 aliphatic heterocycles. The van der Waals surface area contributed by atoms with Crippen LogP contribution in [-0.2, 0) is 0 Å². The van der Waals surface area contributed by atoms with Gasteiger partial charge in [-0.15, -0.1) is 0 Å². The van der Waals surface area contributed by atoms with E-state index >= 15 is 0 Å². The molecule has 0 atom stereocenters. The van der Waals surface area contributed by atoms with Crippen molar-refractivity contribution in [3.05, 3.63) is 84.5 Å². The molecule has 0 bridgehead atoms. The lowest BCUT2D eigenvalue weighted by Crippen LogP contribution is -2.08. The molecule has 39 heavy (non-hydrogen) atoms. The van der Waals surface area contributed by atoms with E-state index in [9.17, 15) is 0 Å². The number of imidazole rings is 1. The summed E-state index contributed by atoms with van der Waals surface area (Å²) in [6.45, 7) is 19.6. The van der Waals surface area contributed by atoms with Gasteiger partial charge in [-0.2, -0.15) is 0 Å². The van der Waals surface area contributed by atoms with Gasteiger partial charge in [-0.25, -0.2) is 9.97 Å². The SMILES string of the molecule is C/C=C(\C(=NCC)c1cccc(N)c1)c1cnc2c(Nc3cccc(NCC)c3)nccn12.CC.CC.CC. The largest absolute Gasteiger partial charge is 0.399 e. The van der Waals surface area contributed by atoms with Crippen LogP contribution in [-0.4, -0.2) is 33.2 Å². The minimum absolute atomic E-state index is 0.661. The van der Waals surface area contributed by atoms with Gasteiger partial charge in [0.05, 0.1) is 17.6 Å². The average Bonchev–Trinajstić information content (AvgIpc) is 3.42. The van der Waals surface area contributed by atoms with Crippen LogP contribution in [0.25, 0.3) is 11.2 Å². The van der Waals surface area contributed by atoms with Crippen molar-refractivity contribution >= 4 is 39.8 Å². The van der Waals surface area contributed by atoms with Crippen LogP contribution in [0.15, 0.2) is 78.2 Å². The minimum Gasteiger partial charge on any atom is -0.399 e. The lowest BCUT2D eigenvalue weighted by atomic mass is 9.99. The smallest absolute Gasteiger partial charge is 0.180 e. The van der Waals surface area contributed by atoms with E-state index in [-0.39, 0.29) is 0 Å². The molecule has 7 heteroatoms. The number of fused-ring (bicyclic) bond motifs is 1. The molecule has 0 unspecified atom stereocenters. The van der Waals surface area contributed by atoms with Gasteiger partial charge >= 0.3 is 0 Å². The Morgan fingerprint density at radius 2 is 1.64 bits per heavy atom. The summed E-state index contributed by atoms with van der Waals surface area (Å²) in [7, 11) is 0. The maximum atomic E-state index is 6.05. The number of benzene rings is 2. The van der Waals surface area contributed by atoms with Crippen LogP contribution in [0, 0.1) is 0 Å². The van der Waals surface area contributed by atoms with E-state index in [4.69, 9.17) is 15.7 Å². The molecule has 4 aromatic rings. The second-order valence-corrected chi connectivity index (χ2v) is 7.50. The topological polar surface area (TPSA) is 92.6 Å². The minimum atomic E-state index is 0.661. The molecule has 0 fully saturated rings. The summed E-state index contributed by atoms with van der Waals surface area (Å²) in [5.41, 5.74) is 13.3. The van der Waals surface area contributed by atoms with Crippen LogP contribution in [0.1, 0.15) is 73.6 Å². The Labute approximate surface area is 235 Å². The summed E-state index contributed by atoms with van der Waals surface area (Å²) in [6, 6.07) is 15.9. The number of nitrogens with two attached hydrogens (primary N) is 1. The standard InChI is InChI=1S/C26H29N7.3C2H6/c1-4-22(24(29-6-3)18-9-7-10-19(27)15-18)23-17-31-26-25(30-13-14-33(23)26)32-21-12-8-11-20(16-21)28-5-2;3*1-2/h4,7-17,28H,5-6,27H2,1-3H3,(H,30,32);3*1-2H3/b22-4-,29-24?;;;. The van der Waals surface area contributed by atoms with Crippen molar-refractivity contribution in [1.82, 2.24) is 14.4 Å². The molecule has 0 aliphatic rings. The molecule has 7 nitrogen and oxygen atoms in total. The Morgan fingerprint density at radius 3 is 2.28 bits per heavy atom. The summed E-state index contributed by atoms with van der Waals surface area (Å²) >= 11 is 0. The van der Waals surface area contributed by atoms with Crippen molar-refractivity contribution in [2.24, 2.45) is 4.99 Å². The Kier molecular flexibility index (Phi) is 15.3. The number of nitrogens with zero attached hydrogens (tertiary/aromatic N) is 4. The third kappa shape index (κ3) is 8.70. The summed E-state index contributed by atoms with van der Waals surface area (Å²) in [4.78, 5) is 14.0. The van der Waals surface area contributed by atoms with Crippen molar-refractivity contribution in [2.45, 2.75) is 62.3 Å². The zero-order chi connectivity index (χ0) is 29.2. The van der Waals surface area contributed by atoms with Crippen LogP contribution < -0.4 is 16.4 Å². The van der Waals surface area contributed by atoms with E-state index < -0.39 is 0 Å². The van der Waals surface area contributed by atoms with Crippen LogP contribution in [0.3, 0.4) is 0 Å². The van der Waals surface area contributed by atoms with Crippen molar-refractivity contribution in [1.29, 1.82) is 0 Å². The number of anilines is 4. The van der Waals surface area contributed by atoms with Gasteiger partial charge in [0.25, 0.3) is 0 Å². The van der Waals surface area contributed by atoms with E-state index in [2.05, 4.69) is 34.7 Å². The monoisotopic (exact) mass is 529 g/mol. The third-order valence-corrected chi connectivity index (χ3v) is 5.23. The Morgan fingerprint density at radius 1 is 0.949 bits per heavy atom. The summed E-state index contributed by atoms with van der Waals surface area (Å²) in [6.07, 6.45) is 7.63. The quantitative estimate of drug-likeness (QED) is 0.157. The number of aromatic nitrogens is 3. The normalized spacial score (nSPS) is 10.8. The molecule has 4 N–H and O–H groups in total. The number of rotatable bonds is 8. The first-order chi connectivity index (χ1) is 19.1. The van der Waals surface area contributed by atoms with Gasteiger partial charge in [0, 0.05) is 53.7 Å². The molecule has 0 saturated carbocycles. The summed E-state index contributed by atoms with van der Waals surface area (Å²) in [5.74, 6) is 0.686. The fourth-order valence-electron chi connectivity index (χ4n) is 3.84. The highest BCUT2D eigenvalue weighted by molar-refractivity contribution is 6.31. The third-order valence-electron chi connectivity index (χ3n) is 5.23. The molecule has 0 radical (unpaired) electrons. The molecular weight excluding hydrogens is 482 g/mol. The zero-order valence-corrected chi connectivity index (χ0v) is 25.2. The Hall–Kier alpha value is -4.13. The van der Waals surface area contributed by atoms with Gasteiger partial charge in [-0.3, -0.25) is 9.39 Å². The highest BCUT2D eigenvalue weighted by atomic mass is 15.1. The van der Waals surface area contributed by atoms with E-state index in [0.29, 0.717) is 18.1 Å². The van der Waals surface area contributed by atoms with Gasteiger partial charge in [0.1, 0.15) is 0 Å². The van der Waals surface area contributed by atoms with Crippen LogP contribution in [0.4, 0.5) is 22.9 Å². The van der Waals surface area contributed by atoms with E-state index in [1.807, 2.05) is 115 Å². The first kappa shape index (κ1) is 32.9. The van der Waals surface area contributed by atoms with E-state index in [1.165, 1.54) is 0 Å². The predicted octanol–water partition coefficient (Wildman–Crippen LogP) is 8.48. The molecular formula is C32H47N7. The molecule has 0 aliphatic carbocycles. The first-order valence-corrected chi connectivity index (χ1v) is 14.1.